The van der Waals surface area contributed by atoms with E-state index in [0.717, 1.165) is 16.7 Å². The zero-order valence-electron chi connectivity index (χ0n) is 18.2. The minimum Gasteiger partial charge on any atom is -0.381 e. The molecular weight excluding hydrogens is 418 g/mol. The lowest BCUT2D eigenvalue weighted by molar-refractivity contribution is -0.130. The number of nitrogens with zero attached hydrogens (tertiary/aromatic N) is 3. The first kappa shape index (κ1) is 22.5. The Bertz CT molecular complexity index is 1140. The Morgan fingerprint density at radius 3 is 2.45 bits per heavy atom. The summed E-state index contributed by atoms with van der Waals surface area (Å²) >= 11 is 0. The number of carbonyl (C=O) groups excluding carboxylic acids is 2. The lowest BCUT2D eigenvalue weighted by Crippen LogP contribution is -2.58. The summed E-state index contributed by atoms with van der Waals surface area (Å²) in [4.78, 5) is 27.3. The van der Waals surface area contributed by atoms with Crippen LogP contribution in [0.2, 0.25) is 0 Å². The van der Waals surface area contributed by atoms with Crippen LogP contribution in [0.1, 0.15) is 45.5 Å². The van der Waals surface area contributed by atoms with Crippen LogP contribution in [0.25, 0.3) is 0 Å². The molecule has 8 nitrogen and oxygen atoms in total. The van der Waals surface area contributed by atoms with Gasteiger partial charge < -0.3 is 20.7 Å². The Morgan fingerprint density at radius 2 is 1.79 bits per heavy atom. The lowest BCUT2D eigenvalue weighted by atomic mass is 9.90. The molecule has 1 fully saturated rings. The van der Waals surface area contributed by atoms with Gasteiger partial charge in [0, 0.05) is 38.3 Å². The van der Waals surface area contributed by atoms with Crippen molar-refractivity contribution < 1.29 is 14.3 Å². The molecule has 2 aliphatic heterocycles. The van der Waals surface area contributed by atoms with E-state index in [-0.39, 0.29) is 11.8 Å². The third-order valence-electron chi connectivity index (χ3n) is 6.28. The molecule has 3 N–H and O–H groups in total. The number of benzene rings is 2. The zero-order chi connectivity index (χ0) is 23.4. The summed E-state index contributed by atoms with van der Waals surface area (Å²) in [6.07, 6.45) is 1.21. The molecule has 2 amide bonds. The molecule has 0 bridgehead atoms. The van der Waals surface area contributed by atoms with Crippen LogP contribution >= 0.6 is 0 Å². The summed E-state index contributed by atoms with van der Waals surface area (Å²) in [7, 11) is 0. The molecule has 0 unspecified atom stereocenters. The van der Waals surface area contributed by atoms with E-state index in [2.05, 4.69) is 11.4 Å². The maximum absolute atomic E-state index is 12.9. The third kappa shape index (κ3) is 4.88. The molecule has 168 valence electrons. The van der Waals surface area contributed by atoms with Gasteiger partial charge in [0.05, 0.1) is 23.2 Å². The van der Waals surface area contributed by atoms with Crippen LogP contribution < -0.4 is 11.1 Å². The summed E-state index contributed by atoms with van der Waals surface area (Å²) in [6.45, 7) is 1.84. The summed E-state index contributed by atoms with van der Waals surface area (Å²) in [6, 6.07) is 16.0. The normalized spacial score (nSPS) is 17.4. The van der Waals surface area contributed by atoms with Crippen molar-refractivity contribution in [2.24, 2.45) is 5.73 Å². The molecule has 2 aromatic carbocycles. The molecule has 1 saturated heterocycles. The van der Waals surface area contributed by atoms with Gasteiger partial charge in [0.2, 0.25) is 5.91 Å². The molecule has 2 aromatic rings. The maximum Gasteiger partial charge on any atom is 0.254 e. The standard InChI is InChI=1S/C25H25N5O3/c26-13-17-1-4-19(5-2-17)23(31)30-15-20-6-3-18(11-21(20)16-30)12-22(14-27)29-24(32)25(28)7-9-33-10-8-25/h1-6,11,22H,7-10,12,15-16,28H2,(H,29,32)/t22-/m0/s1. The first-order chi connectivity index (χ1) is 15.9. The molecule has 2 heterocycles. The fourth-order valence-corrected chi connectivity index (χ4v) is 4.22. The van der Waals surface area contributed by atoms with E-state index >= 15 is 0 Å². The molecule has 33 heavy (non-hydrogen) atoms. The molecule has 4 rings (SSSR count). The van der Waals surface area contributed by atoms with Gasteiger partial charge in [0.15, 0.2) is 0 Å². The highest BCUT2D eigenvalue weighted by atomic mass is 16.5. The molecular formula is C25H25N5O3. The van der Waals surface area contributed by atoms with E-state index in [9.17, 15) is 14.9 Å². The van der Waals surface area contributed by atoms with E-state index in [0.29, 0.717) is 56.7 Å². The van der Waals surface area contributed by atoms with Gasteiger partial charge in [-0.25, -0.2) is 0 Å². The van der Waals surface area contributed by atoms with Gasteiger partial charge in [-0.15, -0.1) is 0 Å². The van der Waals surface area contributed by atoms with Gasteiger partial charge in [-0.3, -0.25) is 9.59 Å². The van der Waals surface area contributed by atoms with Crippen molar-refractivity contribution in [1.82, 2.24) is 10.2 Å². The van der Waals surface area contributed by atoms with Gasteiger partial charge >= 0.3 is 0 Å². The summed E-state index contributed by atoms with van der Waals surface area (Å²) in [5.74, 6) is -0.415. The number of amides is 2. The Labute approximate surface area is 192 Å². The fraction of sp³-hybridized carbons (Fsp3) is 0.360. The van der Waals surface area contributed by atoms with Gasteiger partial charge in [-0.05, 0) is 53.8 Å². The molecule has 0 saturated carbocycles. The van der Waals surface area contributed by atoms with Crippen LogP contribution in [-0.4, -0.2) is 41.5 Å². The predicted octanol–water partition coefficient (Wildman–Crippen LogP) is 1.77. The second-order valence-electron chi connectivity index (χ2n) is 8.58. The highest BCUT2D eigenvalue weighted by molar-refractivity contribution is 5.94. The van der Waals surface area contributed by atoms with Crippen molar-refractivity contribution in [3.63, 3.8) is 0 Å². The Hall–Kier alpha value is -3.72. The average molecular weight is 444 g/mol. The van der Waals surface area contributed by atoms with Crippen LogP contribution in [0.5, 0.6) is 0 Å². The van der Waals surface area contributed by atoms with Crippen molar-refractivity contribution in [2.45, 2.75) is 43.9 Å². The van der Waals surface area contributed by atoms with Crippen LogP contribution in [0, 0.1) is 22.7 Å². The first-order valence-corrected chi connectivity index (χ1v) is 10.9. The van der Waals surface area contributed by atoms with Crippen molar-refractivity contribution in [3.05, 3.63) is 70.3 Å². The average Bonchev–Trinajstić information content (AvgIpc) is 3.27. The van der Waals surface area contributed by atoms with Crippen molar-refractivity contribution in [3.8, 4) is 12.1 Å². The number of hydrogen-bond donors (Lipinski definition) is 2. The Kier molecular flexibility index (Phi) is 6.41. The quantitative estimate of drug-likeness (QED) is 0.724. The summed E-state index contributed by atoms with van der Waals surface area (Å²) < 4.78 is 5.28. The van der Waals surface area contributed by atoms with E-state index in [4.69, 9.17) is 15.7 Å². The van der Waals surface area contributed by atoms with E-state index < -0.39 is 11.6 Å². The number of nitrogens with one attached hydrogen (secondary N) is 1. The molecule has 0 aliphatic carbocycles. The highest BCUT2D eigenvalue weighted by Crippen LogP contribution is 2.26. The second kappa shape index (κ2) is 9.41. The largest absolute Gasteiger partial charge is 0.381 e. The van der Waals surface area contributed by atoms with Crippen LogP contribution in [0.4, 0.5) is 0 Å². The van der Waals surface area contributed by atoms with Crippen LogP contribution in [0.15, 0.2) is 42.5 Å². The minimum atomic E-state index is -1.00. The summed E-state index contributed by atoms with van der Waals surface area (Å²) in [5.41, 5.74) is 9.27. The topological polar surface area (TPSA) is 132 Å². The Balaban J connectivity index is 1.40. The van der Waals surface area contributed by atoms with Gasteiger partial charge in [0.1, 0.15) is 6.04 Å². The number of hydrogen-bond acceptors (Lipinski definition) is 6. The van der Waals surface area contributed by atoms with Crippen LogP contribution in [0.3, 0.4) is 0 Å². The zero-order valence-corrected chi connectivity index (χ0v) is 18.2. The number of fused-ring (bicyclic) bond motifs is 1. The van der Waals surface area contributed by atoms with Gasteiger partial charge in [-0.1, -0.05) is 18.2 Å². The molecule has 1 atom stereocenters. The number of rotatable bonds is 5. The maximum atomic E-state index is 12.9. The molecule has 0 aromatic heterocycles. The SMILES string of the molecule is N#Cc1ccc(C(=O)N2Cc3ccc(C[C@@H](C#N)NC(=O)C4(N)CCOCC4)cc3C2)cc1. The van der Waals surface area contributed by atoms with Crippen molar-refractivity contribution in [1.29, 1.82) is 10.5 Å². The molecule has 0 spiro atoms. The first-order valence-electron chi connectivity index (χ1n) is 10.9. The minimum absolute atomic E-state index is 0.0934. The van der Waals surface area contributed by atoms with Gasteiger partial charge in [-0.2, -0.15) is 10.5 Å². The summed E-state index contributed by atoms with van der Waals surface area (Å²) in [5, 5.41) is 21.3. The molecule has 0 radical (unpaired) electrons. The van der Waals surface area contributed by atoms with E-state index in [1.807, 2.05) is 24.3 Å². The van der Waals surface area contributed by atoms with Crippen LogP contribution in [-0.2, 0) is 29.0 Å². The monoisotopic (exact) mass is 443 g/mol. The molecule has 8 heteroatoms. The van der Waals surface area contributed by atoms with E-state index in [1.165, 1.54) is 0 Å². The second-order valence-corrected chi connectivity index (χ2v) is 8.58. The fourth-order valence-electron chi connectivity index (χ4n) is 4.22. The number of nitrogens with two attached hydrogens (primary N) is 1. The Morgan fingerprint density at radius 1 is 1.09 bits per heavy atom. The van der Waals surface area contributed by atoms with E-state index in [1.54, 1.807) is 29.2 Å². The lowest BCUT2D eigenvalue weighted by Gasteiger charge is -2.32. The predicted molar refractivity (Wildman–Crippen MR) is 119 cm³/mol. The van der Waals surface area contributed by atoms with Crippen molar-refractivity contribution in [2.75, 3.05) is 13.2 Å². The van der Waals surface area contributed by atoms with Crippen molar-refractivity contribution >= 4 is 11.8 Å². The third-order valence-corrected chi connectivity index (χ3v) is 6.28. The highest BCUT2D eigenvalue weighted by Gasteiger charge is 2.37. The molecule has 2 aliphatic rings. The number of ether oxygens (including phenoxy) is 1. The number of carbonyl (C=O) groups is 2. The smallest absolute Gasteiger partial charge is 0.254 e. The van der Waals surface area contributed by atoms with Gasteiger partial charge in [0.25, 0.3) is 5.91 Å². The number of nitriles is 2.